The molecular formula is C25H26N6O3. The van der Waals surface area contributed by atoms with Crippen LogP contribution in [0.5, 0.6) is 5.75 Å². The van der Waals surface area contributed by atoms with Gasteiger partial charge >= 0.3 is 0 Å². The number of hydrogen-bond donors (Lipinski definition) is 1. The number of anilines is 1. The Morgan fingerprint density at radius 3 is 2.65 bits per heavy atom. The summed E-state index contributed by atoms with van der Waals surface area (Å²) < 4.78 is 14.1. The predicted octanol–water partition coefficient (Wildman–Crippen LogP) is 3.39. The predicted molar refractivity (Wildman–Crippen MR) is 127 cm³/mol. The number of primary amides is 1. The molecule has 1 atom stereocenters. The monoisotopic (exact) mass is 458 g/mol. The third-order valence-electron chi connectivity index (χ3n) is 7.00. The number of amides is 1. The summed E-state index contributed by atoms with van der Waals surface area (Å²) in [6.07, 6.45) is 3.25. The van der Waals surface area contributed by atoms with Crippen molar-refractivity contribution in [3.8, 4) is 16.9 Å². The number of carbonyl (C=O) groups is 1. The van der Waals surface area contributed by atoms with Crippen molar-refractivity contribution in [1.29, 1.82) is 0 Å². The summed E-state index contributed by atoms with van der Waals surface area (Å²) in [5.74, 6) is 2.10. The number of piperidine rings is 1. The molecular weight excluding hydrogens is 432 g/mol. The number of ether oxygens (including phenoxy) is 1. The maximum absolute atomic E-state index is 11.7. The van der Waals surface area contributed by atoms with Crippen molar-refractivity contribution in [3.63, 3.8) is 0 Å². The highest BCUT2D eigenvalue weighted by molar-refractivity contribution is 5.94. The van der Waals surface area contributed by atoms with Gasteiger partial charge in [0.2, 0.25) is 11.9 Å². The highest BCUT2D eigenvalue weighted by Crippen LogP contribution is 2.46. The summed E-state index contributed by atoms with van der Waals surface area (Å²) in [6.45, 7) is 5.73. The average Bonchev–Trinajstić information content (AvgIpc) is 3.41. The van der Waals surface area contributed by atoms with Crippen LogP contribution in [-0.2, 0) is 4.79 Å². The molecule has 174 valence electrons. The van der Waals surface area contributed by atoms with E-state index in [0.717, 1.165) is 76.9 Å². The summed E-state index contributed by atoms with van der Waals surface area (Å²) in [7, 11) is 0. The lowest BCUT2D eigenvalue weighted by Crippen LogP contribution is -2.40. The van der Waals surface area contributed by atoms with Crippen LogP contribution in [0.4, 0.5) is 5.95 Å². The van der Waals surface area contributed by atoms with Gasteiger partial charge in [-0.1, -0.05) is 11.2 Å². The second kappa shape index (κ2) is 7.86. The Kier molecular flexibility index (Phi) is 4.79. The summed E-state index contributed by atoms with van der Waals surface area (Å²) in [4.78, 5) is 23.6. The number of aromatic nitrogens is 4. The smallest absolute Gasteiger partial charge is 0.220 e. The van der Waals surface area contributed by atoms with Crippen molar-refractivity contribution in [2.45, 2.75) is 32.7 Å². The van der Waals surface area contributed by atoms with Crippen molar-refractivity contribution in [2.75, 3.05) is 24.6 Å². The molecule has 34 heavy (non-hydrogen) atoms. The lowest BCUT2D eigenvalue weighted by atomic mass is 9.96. The van der Waals surface area contributed by atoms with E-state index in [1.54, 1.807) is 6.20 Å². The number of carbonyl (C=O) groups excluding carboxylic acids is 1. The molecule has 9 nitrogen and oxygen atoms in total. The van der Waals surface area contributed by atoms with Crippen molar-refractivity contribution in [3.05, 3.63) is 53.7 Å². The SMILES string of the molecule is Cc1noc(C)c1-c1ccc2nc(N3CCC(C(N)=O)CC3)n3c2c1OC[C@@H]3c1ccccn1. The molecule has 4 aromatic rings. The number of nitrogens with two attached hydrogens (primary N) is 1. The minimum Gasteiger partial charge on any atom is -0.488 e. The molecule has 2 aliphatic heterocycles. The zero-order valence-corrected chi connectivity index (χ0v) is 19.2. The van der Waals surface area contributed by atoms with E-state index in [1.807, 2.05) is 44.2 Å². The van der Waals surface area contributed by atoms with Crippen LogP contribution in [0.15, 0.2) is 41.1 Å². The largest absolute Gasteiger partial charge is 0.488 e. The van der Waals surface area contributed by atoms with Crippen molar-refractivity contribution < 1.29 is 14.1 Å². The lowest BCUT2D eigenvalue weighted by Gasteiger charge is -2.34. The molecule has 0 unspecified atom stereocenters. The minimum absolute atomic E-state index is 0.0846. The molecule has 0 bridgehead atoms. The standard InChI is InChI=1S/C25H26N6O3/c1-14-21(15(2)34-29-14)17-6-7-19-22-23(17)33-13-20(18-5-3-4-10-27-18)31(22)25(28-19)30-11-8-16(9-12-30)24(26)32/h3-7,10,16,20H,8-9,11-13H2,1-2H3,(H2,26,32)/t20-/m1/s1. The van der Waals surface area contributed by atoms with E-state index in [-0.39, 0.29) is 17.9 Å². The molecule has 1 saturated heterocycles. The fraction of sp³-hybridized carbons (Fsp3) is 0.360. The molecule has 0 saturated carbocycles. The number of aryl methyl sites for hydroxylation is 2. The van der Waals surface area contributed by atoms with Crippen LogP contribution in [-0.4, -0.2) is 45.3 Å². The van der Waals surface area contributed by atoms with Crippen LogP contribution < -0.4 is 15.4 Å². The average molecular weight is 459 g/mol. The second-order valence-electron chi connectivity index (χ2n) is 9.04. The van der Waals surface area contributed by atoms with Gasteiger partial charge in [-0.3, -0.25) is 14.3 Å². The molecule has 2 N–H and O–H groups in total. The van der Waals surface area contributed by atoms with Gasteiger partial charge in [-0.2, -0.15) is 0 Å². The fourth-order valence-electron chi connectivity index (χ4n) is 5.27. The Morgan fingerprint density at radius 1 is 1.15 bits per heavy atom. The molecule has 0 radical (unpaired) electrons. The first-order chi connectivity index (χ1) is 16.5. The third kappa shape index (κ3) is 3.14. The van der Waals surface area contributed by atoms with E-state index >= 15 is 0 Å². The molecule has 2 aliphatic rings. The first kappa shape index (κ1) is 20.7. The van der Waals surface area contributed by atoms with E-state index in [2.05, 4.69) is 19.6 Å². The van der Waals surface area contributed by atoms with Crippen LogP contribution in [0.1, 0.15) is 36.0 Å². The fourth-order valence-corrected chi connectivity index (χ4v) is 5.27. The number of imidazole rings is 1. The van der Waals surface area contributed by atoms with Crippen molar-refractivity contribution >= 4 is 22.9 Å². The maximum atomic E-state index is 11.7. The van der Waals surface area contributed by atoms with Gasteiger partial charge in [0.25, 0.3) is 0 Å². The van der Waals surface area contributed by atoms with E-state index in [4.69, 9.17) is 20.0 Å². The zero-order chi connectivity index (χ0) is 23.4. The molecule has 3 aromatic heterocycles. The van der Waals surface area contributed by atoms with Gasteiger partial charge in [0, 0.05) is 30.8 Å². The molecule has 5 heterocycles. The Balaban J connectivity index is 1.54. The topological polar surface area (TPSA) is 112 Å². The van der Waals surface area contributed by atoms with E-state index < -0.39 is 0 Å². The molecule has 1 fully saturated rings. The van der Waals surface area contributed by atoms with Crippen molar-refractivity contribution in [1.82, 2.24) is 19.7 Å². The van der Waals surface area contributed by atoms with Gasteiger partial charge < -0.3 is 19.9 Å². The quantitative estimate of drug-likeness (QED) is 0.499. The number of benzene rings is 1. The number of pyridine rings is 1. The van der Waals surface area contributed by atoms with Crippen molar-refractivity contribution in [2.24, 2.45) is 11.7 Å². The number of rotatable bonds is 4. The summed E-state index contributed by atoms with van der Waals surface area (Å²) in [5, 5.41) is 4.14. The third-order valence-corrected chi connectivity index (χ3v) is 7.00. The van der Waals surface area contributed by atoms with Gasteiger partial charge in [-0.15, -0.1) is 0 Å². The van der Waals surface area contributed by atoms with Gasteiger partial charge in [-0.05, 0) is 51.0 Å². The van der Waals surface area contributed by atoms with E-state index in [1.165, 1.54) is 0 Å². The Morgan fingerprint density at radius 2 is 1.97 bits per heavy atom. The van der Waals surface area contributed by atoms with Gasteiger partial charge in [-0.25, -0.2) is 4.98 Å². The summed E-state index contributed by atoms with van der Waals surface area (Å²) >= 11 is 0. The molecule has 9 heteroatoms. The normalized spacial score (nSPS) is 18.3. The minimum atomic E-state index is -0.222. The second-order valence-corrected chi connectivity index (χ2v) is 9.04. The highest BCUT2D eigenvalue weighted by Gasteiger charge is 2.35. The van der Waals surface area contributed by atoms with Gasteiger partial charge in [0.15, 0.2) is 5.75 Å². The molecule has 6 rings (SSSR count). The Labute approximate surface area is 196 Å². The van der Waals surface area contributed by atoms with Crippen LogP contribution in [0.2, 0.25) is 0 Å². The first-order valence-electron chi connectivity index (χ1n) is 11.6. The molecule has 1 aromatic carbocycles. The van der Waals surface area contributed by atoms with Gasteiger partial charge in [0.05, 0.1) is 22.5 Å². The summed E-state index contributed by atoms with van der Waals surface area (Å²) in [5.41, 5.74) is 11.0. The van der Waals surface area contributed by atoms with Crippen LogP contribution in [0, 0.1) is 19.8 Å². The number of hydrogen-bond acceptors (Lipinski definition) is 7. The summed E-state index contributed by atoms with van der Waals surface area (Å²) in [6, 6.07) is 9.86. The van der Waals surface area contributed by atoms with Crippen LogP contribution in [0.3, 0.4) is 0 Å². The molecule has 0 spiro atoms. The Bertz CT molecular complexity index is 1370. The van der Waals surface area contributed by atoms with Gasteiger partial charge in [0.1, 0.15) is 23.9 Å². The number of nitrogens with zero attached hydrogens (tertiary/aromatic N) is 5. The molecule has 0 aliphatic carbocycles. The van der Waals surface area contributed by atoms with Crippen LogP contribution in [0.25, 0.3) is 22.2 Å². The lowest BCUT2D eigenvalue weighted by molar-refractivity contribution is -0.122. The highest BCUT2D eigenvalue weighted by atomic mass is 16.5. The van der Waals surface area contributed by atoms with E-state index in [0.29, 0.717) is 6.61 Å². The Hall–Kier alpha value is -3.88. The molecule has 1 amide bonds. The van der Waals surface area contributed by atoms with E-state index in [9.17, 15) is 4.79 Å². The maximum Gasteiger partial charge on any atom is 0.220 e. The van der Waals surface area contributed by atoms with Crippen LogP contribution >= 0.6 is 0 Å². The first-order valence-corrected chi connectivity index (χ1v) is 11.6. The zero-order valence-electron chi connectivity index (χ0n) is 19.2.